The SMILES string of the molecule is CC(CNC(=O)C(C)Oc1cccc(F)c1)CC(=O)O. The summed E-state index contributed by atoms with van der Waals surface area (Å²) in [6, 6.07) is 5.52. The number of carboxylic acids is 1. The van der Waals surface area contributed by atoms with Crippen molar-refractivity contribution in [2.75, 3.05) is 6.54 Å². The average molecular weight is 283 g/mol. The molecule has 1 aromatic rings. The van der Waals surface area contributed by atoms with Crippen molar-refractivity contribution in [2.24, 2.45) is 5.92 Å². The fourth-order valence-corrected chi connectivity index (χ4v) is 1.59. The van der Waals surface area contributed by atoms with Crippen molar-refractivity contribution in [3.63, 3.8) is 0 Å². The van der Waals surface area contributed by atoms with Gasteiger partial charge in [0, 0.05) is 19.0 Å². The quantitative estimate of drug-likeness (QED) is 0.800. The molecule has 0 saturated carbocycles. The Labute approximate surface area is 116 Å². The molecule has 0 aliphatic rings. The van der Waals surface area contributed by atoms with Crippen molar-refractivity contribution in [1.82, 2.24) is 5.32 Å². The molecule has 2 N–H and O–H groups in total. The van der Waals surface area contributed by atoms with Crippen molar-refractivity contribution < 1.29 is 23.8 Å². The van der Waals surface area contributed by atoms with E-state index in [1.807, 2.05) is 0 Å². The van der Waals surface area contributed by atoms with Gasteiger partial charge in [-0.25, -0.2) is 4.39 Å². The fraction of sp³-hybridized carbons (Fsp3) is 0.429. The normalized spacial score (nSPS) is 13.3. The van der Waals surface area contributed by atoms with Crippen LogP contribution in [-0.4, -0.2) is 29.6 Å². The molecule has 1 amide bonds. The average Bonchev–Trinajstić information content (AvgIpc) is 2.35. The molecule has 0 spiro atoms. The molecular weight excluding hydrogens is 265 g/mol. The predicted octanol–water partition coefficient (Wildman–Crippen LogP) is 1.82. The van der Waals surface area contributed by atoms with E-state index in [2.05, 4.69) is 5.32 Å². The van der Waals surface area contributed by atoms with Crippen LogP contribution < -0.4 is 10.1 Å². The summed E-state index contributed by atoms with van der Waals surface area (Å²) in [7, 11) is 0. The molecule has 1 rings (SSSR count). The van der Waals surface area contributed by atoms with Gasteiger partial charge in [-0.2, -0.15) is 0 Å². The summed E-state index contributed by atoms with van der Waals surface area (Å²) in [6.07, 6.45) is -0.798. The van der Waals surface area contributed by atoms with E-state index >= 15 is 0 Å². The van der Waals surface area contributed by atoms with E-state index in [-0.39, 0.29) is 30.5 Å². The molecule has 2 atom stereocenters. The van der Waals surface area contributed by atoms with Crippen LogP contribution >= 0.6 is 0 Å². The van der Waals surface area contributed by atoms with Crippen LogP contribution in [0.5, 0.6) is 5.75 Å². The van der Waals surface area contributed by atoms with Crippen LogP contribution in [-0.2, 0) is 9.59 Å². The number of amides is 1. The van der Waals surface area contributed by atoms with Crippen LogP contribution in [0, 0.1) is 11.7 Å². The largest absolute Gasteiger partial charge is 0.481 e. The standard InChI is InChI=1S/C14H18FNO4/c1-9(6-13(17)18)8-16-14(19)10(2)20-12-5-3-4-11(15)7-12/h3-5,7,9-10H,6,8H2,1-2H3,(H,16,19)(H,17,18). The lowest BCUT2D eigenvalue weighted by molar-refractivity contribution is -0.138. The number of hydrogen-bond acceptors (Lipinski definition) is 3. The summed E-state index contributed by atoms with van der Waals surface area (Å²) in [5, 5.41) is 11.2. The lowest BCUT2D eigenvalue weighted by atomic mass is 10.1. The lowest BCUT2D eigenvalue weighted by Gasteiger charge is -2.16. The Hall–Kier alpha value is -2.11. The molecule has 0 fully saturated rings. The van der Waals surface area contributed by atoms with E-state index in [0.29, 0.717) is 0 Å². The second-order valence-corrected chi connectivity index (χ2v) is 4.67. The van der Waals surface area contributed by atoms with E-state index in [0.717, 1.165) is 0 Å². The van der Waals surface area contributed by atoms with E-state index < -0.39 is 17.9 Å². The Morgan fingerprint density at radius 1 is 1.40 bits per heavy atom. The smallest absolute Gasteiger partial charge is 0.303 e. The maximum atomic E-state index is 13.0. The predicted molar refractivity (Wildman–Crippen MR) is 70.9 cm³/mol. The summed E-state index contributed by atoms with van der Waals surface area (Å²) in [4.78, 5) is 22.2. The van der Waals surface area contributed by atoms with Gasteiger partial charge in [-0.05, 0) is 25.0 Å². The Morgan fingerprint density at radius 3 is 2.70 bits per heavy atom. The highest BCUT2D eigenvalue weighted by atomic mass is 19.1. The molecule has 1 aromatic carbocycles. The van der Waals surface area contributed by atoms with Crippen molar-refractivity contribution in [3.05, 3.63) is 30.1 Å². The molecule has 0 saturated heterocycles. The zero-order chi connectivity index (χ0) is 15.1. The number of halogens is 1. The Bertz CT molecular complexity index is 478. The van der Waals surface area contributed by atoms with Gasteiger partial charge >= 0.3 is 5.97 Å². The monoisotopic (exact) mass is 283 g/mol. The third-order valence-electron chi connectivity index (χ3n) is 2.63. The number of carbonyl (C=O) groups is 2. The van der Waals surface area contributed by atoms with Gasteiger partial charge in [-0.1, -0.05) is 13.0 Å². The highest BCUT2D eigenvalue weighted by Gasteiger charge is 2.16. The number of hydrogen-bond donors (Lipinski definition) is 2. The van der Waals surface area contributed by atoms with Gasteiger partial charge in [0.2, 0.25) is 0 Å². The first-order chi connectivity index (χ1) is 9.38. The van der Waals surface area contributed by atoms with Crippen molar-refractivity contribution in [3.8, 4) is 5.75 Å². The number of benzene rings is 1. The number of rotatable bonds is 7. The van der Waals surface area contributed by atoms with E-state index in [1.165, 1.54) is 18.2 Å². The van der Waals surface area contributed by atoms with Crippen LogP contribution in [0.1, 0.15) is 20.3 Å². The number of nitrogens with one attached hydrogen (secondary N) is 1. The Morgan fingerprint density at radius 2 is 2.10 bits per heavy atom. The highest BCUT2D eigenvalue weighted by molar-refractivity contribution is 5.80. The molecule has 6 heteroatoms. The summed E-state index contributed by atoms with van der Waals surface area (Å²) in [5.74, 6) is -1.61. The minimum Gasteiger partial charge on any atom is -0.481 e. The number of carbonyl (C=O) groups excluding carboxylic acids is 1. The molecule has 0 radical (unpaired) electrons. The lowest BCUT2D eigenvalue weighted by Crippen LogP contribution is -2.38. The summed E-state index contributed by atoms with van der Waals surface area (Å²) in [5.41, 5.74) is 0. The molecule has 0 aromatic heterocycles. The number of ether oxygens (including phenoxy) is 1. The summed E-state index contributed by atoms with van der Waals surface area (Å²) >= 11 is 0. The van der Waals surface area contributed by atoms with E-state index in [9.17, 15) is 14.0 Å². The van der Waals surface area contributed by atoms with Crippen LogP contribution in [0.25, 0.3) is 0 Å². The van der Waals surface area contributed by atoms with Gasteiger partial charge < -0.3 is 15.2 Å². The van der Waals surface area contributed by atoms with Gasteiger partial charge in [0.1, 0.15) is 11.6 Å². The topological polar surface area (TPSA) is 75.6 Å². The maximum absolute atomic E-state index is 13.0. The third-order valence-corrected chi connectivity index (χ3v) is 2.63. The zero-order valence-electron chi connectivity index (χ0n) is 11.4. The van der Waals surface area contributed by atoms with Gasteiger partial charge in [0.05, 0.1) is 0 Å². The first-order valence-electron chi connectivity index (χ1n) is 6.30. The molecule has 2 unspecified atom stereocenters. The first kappa shape index (κ1) is 15.9. The first-order valence-corrected chi connectivity index (χ1v) is 6.30. The summed E-state index contributed by atoms with van der Waals surface area (Å²) in [6.45, 7) is 3.52. The molecular formula is C14H18FNO4. The molecule has 0 aliphatic carbocycles. The molecule has 0 heterocycles. The second-order valence-electron chi connectivity index (χ2n) is 4.67. The van der Waals surface area contributed by atoms with Crippen molar-refractivity contribution in [1.29, 1.82) is 0 Å². The minimum absolute atomic E-state index is 0.0145. The molecule has 5 nitrogen and oxygen atoms in total. The number of aliphatic carboxylic acids is 1. The zero-order valence-corrected chi connectivity index (χ0v) is 11.4. The van der Waals surface area contributed by atoms with E-state index in [4.69, 9.17) is 9.84 Å². The van der Waals surface area contributed by atoms with E-state index in [1.54, 1.807) is 19.9 Å². The molecule has 0 aliphatic heterocycles. The van der Waals surface area contributed by atoms with Gasteiger partial charge in [-0.15, -0.1) is 0 Å². The van der Waals surface area contributed by atoms with Gasteiger partial charge in [0.25, 0.3) is 5.91 Å². The van der Waals surface area contributed by atoms with Crippen molar-refractivity contribution >= 4 is 11.9 Å². The number of carboxylic acid groups (broad SMARTS) is 1. The fourth-order valence-electron chi connectivity index (χ4n) is 1.59. The summed E-state index contributed by atoms with van der Waals surface area (Å²) < 4.78 is 18.3. The van der Waals surface area contributed by atoms with Crippen LogP contribution in [0.3, 0.4) is 0 Å². The van der Waals surface area contributed by atoms with Crippen LogP contribution in [0.4, 0.5) is 4.39 Å². The van der Waals surface area contributed by atoms with Gasteiger partial charge in [0.15, 0.2) is 6.10 Å². The van der Waals surface area contributed by atoms with Crippen LogP contribution in [0.15, 0.2) is 24.3 Å². The highest BCUT2D eigenvalue weighted by Crippen LogP contribution is 2.13. The third kappa shape index (κ3) is 5.69. The second kappa shape index (κ2) is 7.47. The maximum Gasteiger partial charge on any atom is 0.303 e. The Balaban J connectivity index is 2.41. The minimum atomic E-state index is -0.907. The Kier molecular flexibility index (Phi) is 5.96. The van der Waals surface area contributed by atoms with Crippen molar-refractivity contribution in [2.45, 2.75) is 26.4 Å². The molecule has 110 valence electrons. The van der Waals surface area contributed by atoms with Crippen LogP contribution in [0.2, 0.25) is 0 Å². The molecule has 20 heavy (non-hydrogen) atoms. The molecule has 0 bridgehead atoms. The van der Waals surface area contributed by atoms with Gasteiger partial charge in [-0.3, -0.25) is 9.59 Å².